The third kappa shape index (κ3) is 4.35. The monoisotopic (exact) mass is 420 g/mol. The number of nitrogens with one attached hydrogen (secondary N) is 1. The number of fused-ring (bicyclic) bond motifs is 1. The normalized spacial score (nSPS) is 12.9. The number of hydrogen-bond acceptors (Lipinski definition) is 3. The first-order chi connectivity index (χ1) is 14.9. The Kier molecular flexibility index (Phi) is 5.84. The minimum absolute atomic E-state index is 0.0479. The van der Waals surface area contributed by atoms with Gasteiger partial charge in [-0.15, -0.1) is 0 Å². The minimum atomic E-state index is -0.310. The molecule has 1 N–H and O–H groups in total. The van der Waals surface area contributed by atoms with Crippen LogP contribution in [0.25, 0.3) is 5.69 Å². The van der Waals surface area contributed by atoms with Crippen molar-refractivity contribution < 1.29 is 14.0 Å². The maximum absolute atomic E-state index is 13.4. The summed E-state index contributed by atoms with van der Waals surface area (Å²) in [6, 6.07) is 13.6. The van der Waals surface area contributed by atoms with E-state index in [1.807, 2.05) is 24.3 Å². The van der Waals surface area contributed by atoms with E-state index in [-0.39, 0.29) is 17.6 Å². The zero-order chi connectivity index (χ0) is 22.0. The highest BCUT2D eigenvalue weighted by molar-refractivity contribution is 6.04. The standard InChI is InChI=1S/C24H25FN4O2/c1-16(30)28(2)15-17-7-3-5-9-21(17)26-24(31)23-20-8-4-6-10-22(20)29(27-23)19-13-11-18(25)12-14-19/h3,5,7,9,11-14H,4,6,8,10,15H2,1-2H3,(H,26,31). The van der Waals surface area contributed by atoms with Gasteiger partial charge in [0.05, 0.1) is 5.69 Å². The smallest absolute Gasteiger partial charge is 0.276 e. The number of aromatic nitrogens is 2. The van der Waals surface area contributed by atoms with Gasteiger partial charge in [0, 0.05) is 37.5 Å². The van der Waals surface area contributed by atoms with E-state index in [4.69, 9.17) is 0 Å². The first-order valence-electron chi connectivity index (χ1n) is 10.4. The van der Waals surface area contributed by atoms with Crippen molar-refractivity contribution in [2.45, 2.75) is 39.2 Å². The number of carbonyl (C=O) groups is 2. The minimum Gasteiger partial charge on any atom is -0.342 e. The van der Waals surface area contributed by atoms with Crippen LogP contribution in [0.15, 0.2) is 48.5 Å². The van der Waals surface area contributed by atoms with Gasteiger partial charge >= 0.3 is 0 Å². The summed E-state index contributed by atoms with van der Waals surface area (Å²) < 4.78 is 15.1. The largest absolute Gasteiger partial charge is 0.342 e. The van der Waals surface area contributed by atoms with Crippen molar-refractivity contribution in [3.8, 4) is 5.69 Å². The highest BCUT2D eigenvalue weighted by Gasteiger charge is 2.26. The summed E-state index contributed by atoms with van der Waals surface area (Å²) in [6.07, 6.45) is 3.64. The molecule has 3 aromatic rings. The van der Waals surface area contributed by atoms with E-state index in [2.05, 4.69) is 10.4 Å². The fourth-order valence-corrected chi connectivity index (χ4v) is 3.91. The van der Waals surface area contributed by atoms with Crippen molar-refractivity contribution in [1.82, 2.24) is 14.7 Å². The molecule has 1 heterocycles. The van der Waals surface area contributed by atoms with Crippen LogP contribution in [0.3, 0.4) is 0 Å². The average Bonchev–Trinajstić information content (AvgIpc) is 3.15. The number of carbonyl (C=O) groups excluding carboxylic acids is 2. The van der Waals surface area contributed by atoms with Crippen molar-refractivity contribution in [3.63, 3.8) is 0 Å². The average molecular weight is 420 g/mol. The van der Waals surface area contributed by atoms with Crippen LogP contribution in [0.1, 0.15) is 47.1 Å². The van der Waals surface area contributed by atoms with E-state index in [9.17, 15) is 14.0 Å². The summed E-state index contributed by atoms with van der Waals surface area (Å²) in [7, 11) is 1.72. The molecule has 7 heteroatoms. The Balaban J connectivity index is 1.66. The molecule has 0 aliphatic heterocycles. The molecule has 1 aliphatic carbocycles. The van der Waals surface area contributed by atoms with Crippen LogP contribution >= 0.6 is 0 Å². The SMILES string of the molecule is CC(=O)N(C)Cc1ccccc1NC(=O)c1nn(-c2ccc(F)cc2)c2c1CCCC2. The van der Waals surface area contributed by atoms with Crippen molar-refractivity contribution in [2.24, 2.45) is 0 Å². The molecule has 2 aromatic carbocycles. The Morgan fingerprint density at radius 1 is 1.10 bits per heavy atom. The van der Waals surface area contributed by atoms with Gasteiger partial charge in [0.2, 0.25) is 5.91 Å². The third-order valence-corrected chi connectivity index (χ3v) is 5.68. The molecule has 1 aromatic heterocycles. The molecule has 0 unspecified atom stereocenters. The number of benzene rings is 2. The molecule has 0 spiro atoms. The lowest BCUT2D eigenvalue weighted by atomic mass is 9.95. The first-order valence-corrected chi connectivity index (χ1v) is 10.4. The van der Waals surface area contributed by atoms with Gasteiger partial charge in [0.1, 0.15) is 5.82 Å². The molecule has 1 aliphatic rings. The van der Waals surface area contributed by atoms with Gasteiger partial charge in [-0.2, -0.15) is 5.10 Å². The predicted octanol–water partition coefficient (Wildman–Crippen LogP) is 4.12. The van der Waals surface area contributed by atoms with Crippen LogP contribution in [0.2, 0.25) is 0 Å². The second-order valence-corrected chi connectivity index (χ2v) is 7.86. The Bertz CT molecular complexity index is 1120. The second kappa shape index (κ2) is 8.71. The van der Waals surface area contributed by atoms with E-state index in [0.29, 0.717) is 17.9 Å². The third-order valence-electron chi connectivity index (χ3n) is 5.68. The molecule has 6 nitrogen and oxygen atoms in total. The van der Waals surface area contributed by atoms with Crippen LogP contribution in [0.5, 0.6) is 0 Å². The number of rotatable bonds is 5. The van der Waals surface area contributed by atoms with Crippen molar-refractivity contribution in [1.29, 1.82) is 0 Å². The Labute approximate surface area is 180 Å². The van der Waals surface area contributed by atoms with Crippen LogP contribution < -0.4 is 5.32 Å². The summed E-state index contributed by atoms with van der Waals surface area (Å²) in [5, 5.41) is 7.61. The molecule has 4 rings (SSSR count). The predicted molar refractivity (Wildman–Crippen MR) is 117 cm³/mol. The molecule has 160 valence electrons. The topological polar surface area (TPSA) is 67.2 Å². The van der Waals surface area contributed by atoms with Crippen molar-refractivity contribution >= 4 is 17.5 Å². The summed E-state index contributed by atoms with van der Waals surface area (Å²) >= 11 is 0. The molecule has 0 atom stereocenters. The first kappa shape index (κ1) is 20.8. The van der Waals surface area contributed by atoms with E-state index in [0.717, 1.165) is 48.2 Å². The number of amides is 2. The molecular weight excluding hydrogens is 395 g/mol. The van der Waals surface area contributed by atoms with E-state index < -0.39 is 0 Å². The van der Waals surface area contributed by atoms with E-state index >= 15 is 0 Å². The number of anilines is 1. The van der Waals surface area contributed by atoms with Crippen LogP contribution in [0, 0.1) is 5.82 Å². The van der Waals surface area contributed by atoms with Crippen molar-refractivity contribution in [2.75, 3.05) is 12.4 Å². The van der Waals surface area contributed by atoms with Gasteiger partial charge in [0.15, 0.2) is 5.69 Å². The fourth-order valence-electron chi connectivity index (χ4n) is 3.91. The van der Waals surface area contributed by atoms with Gasteiger partial charge in [0.25, 0.3) is 5.91 Å². The highest BCUT2D eigenvalue weighted by atomic mass is 19.1. The maximum atomic E-state index is 13.4. The maximum Gasteiger partial charge on any atom is 0.276 e. The summed E-state index contributed by atoms with van der Waals surface area (Å²) in [5.41, 5.74) is 4.59. The zero-order valence-electron chi connectivity index (χ0n) is 17.7. The fraction of sp³-hybridized carbons (Fsp3) is 0.292. The Morgan fingerprint density at radius 2 is 1.81 bits per heavy atom. The molecule has 0 saturated carbocycles. The summed E-state index contributed by atoms with van der Waals surface area (Å²) in [6.45, 7) is 1.91. The van der Waals surface area contributed by atoms with E-state index in [1.165, 1.54) is 19.1 Å². The number of nitrogens with zero attached hydrogens (tertiary/aromatic N) is 3. The molecule has 0 fully saturated rings. The number of para-hydroxylation sites is 1. The second-order valence-electron chi connectivity index (χ2n) is 7.86. The van der Waals surface area contributed by atoms with Gasteiger partial charge in [-0.05, 0) is 61.6 Å². The number of hydrogen-bond donors (Lipinski definition) is 1. The summed E-state index contributed by atoms with van der Waals surface area (Å²) in [4.78, 5) is 26.4. The quantitative estimate of drug-likeness (QED) is 0.675. The zero-order valence-corrected chi connectivity index (χ0v) is 17.7. The molecule has 2 amide bonds. The van der Waals surface area contributed by atoms with Gasteiger partial charge < -0.3 is 10.2 Å². The molecule has 0 radical (unpaired) electrons. The van der Waals surface area contributed by atoms with Crippen LogP contribution in [-0.4, -0.2) is 33.5 Å². The van der Waals surface area contributed by atoms with Crippen LogP contribution in [-0.2, 0) is 24.2 Å². The van der Waals surface area contributed by atoms with Gasteiger partial charge in [-0.3, -0.25) is 9.59 Å². The van der Waals surface area contributed by atoms with Gasteiger partial charge in [-0.25, -0.2) is 9.07 Å². The lowest BCUT2D eigenvalue weighted by Crippen LogP contribution is -2.24. The lowest BCUT2D eigenvalue weighted by Gasteiger charge is -2.18. The molecule has 0 saturated heterocycles. The lowest BCUT2D eigenvalue weighted by molar-refractivity contribution is -0.128. The number of halogens is 1. The summed E-state index contributed by atoms with van der Waals surface area (Å²) in [5.74, 6) is -0.639. The van der Waals surface area contributed by atoms with Gasteiger partial charge in [-0.1, -0.05) is 18.2 Å². The van der Waals surface area contributed by atoms with E-state index in [1.54, 1.807) is 28.8 Å². The molecular formula is C24H25FN4O2. The molecule has 31 heavy (non-hydrogen) atoms. The van der Waals surface area contributed by atoms with Crippen molar-refractivity contribution in [3.05, 3.63) is 76.9 Å². The Morgan fingerprint density at radius 3 is 2.55 bits per heavy atom. The molecule has 0 bridgehead atoms. The van der Waals surface area contributed by atoms with Crippen LogP contribution in [0.4, 0.5) is 10.1 Å². The Hall–Kier alpha value is -3.48. The highest BCUT2D eigenvalue weighted by Crippen LogP contribution is 2.28.